The van der Waals surface area contributed by atoms with Crippen molar-refractivity contribution in [1.82, 2.24) is 25.1 Å². The van der Waals surface area contributed by atoms with E-state index in [1.807, 2.05) is 31.2 Å². The molecule has 4 amide bonds. The van der Waals surface area contributed by atoms with E-state index in [1.54, 1.807) is 21.7 Å². The molecule has 5 aromatic rings. The lowest BCUT2D eigenvalue weighted by Crippen LogP contribution is -2.53. The van der Waals surface area contributed by atoms with Crippen LogP contribution in [0, 0.1) is 35.7 Å². The zero-order valence-corrected chi connectivity index (χ0v) is 41.4. The van der Waals surface area contributed by atoms with Crippen molar-refractivity contribution in [3.8, 4) is 33.5 Å². The number of benzene rings is 3. The predicted molar refractivity (Wildman–Crippen MR) is 261 cm³/mol. The van der Waals surface area contributed by atoms with Crippen LogP contribution in [-0.2, 0) is 36.6 Å². The van der Waals surface area contributed by atoms with Crippen molar-refractivity contribution in [3.05, 3.63) is 112 Å². The number of pyridine rings is 1. The van der Waals surface area contributed by atoms with Crippen molar-refractivity contribution < 1.29 is 55.0 Å². The largest absolute Gasteiger partial charge is 0.491 e. The molecule has 2 atom stereocenters. The Morgan fingerprint density at radius 2 is 1.62 bits per heavy atom. The Morgan fingerprint density at radius 3 is 2.29 bits per heavy atom. The van der Waals surface area contributed by atoms with Crippen LogP contribution < -0.4 is 19.9 Å². The second-order valence-electron chi connectivity index (χ2n) is 18.1. The van der Waals surface area contributed by atoms with Gasteiger partial charge in [-0.05, 0) is 113 Å². The molecule has 0 radical (unpaired) electrons. The summed E-state index contributed by atoms with van der Waals surface area (Å²) in [4.78, 5) is 68.3. The number of likely N-dealkylation sites (tertiary alicyclic amines) is 2. The van der Waals surface area contributed by atoms with E-state index in [1.165, 1.54) is 36.9 Å². The fourth-order valence-electron chi connectivity index (χ4n) is 9.28. The first-order chi connectivity index (χ1) is 34.8. The van der Waals surface area contributed by atoms with E-state index >= 15 is 13.2 Å². The Hall–Kier alpha value is -6.96. The van der Waals surface area contributed by atoms with Crippen molar-refractivity contribution in [3.63, 3.8) is 0 Å². The summed E-state index contributed by atoms with van der Waals surface area (Å²) in [7, 11) is 0. The van der Waals surface area contributed by atoms with Gasteiger partial charge in [0.2, 0.25) is 17.7 Å². The summed E-state index contributed by atoms with van der Waals surface area (Å²) < 4.78 is 99.0. The number of amides is 4. The maximum atomic E-state index is 15.7. The highest BCUT2D eigenvalue weighted by Crippen LogP contribution is 2.42. The van der Waals surface area contributed by atoms with E-state index in [2.05, 4.69) is 15.3 Å². The number of nitriles is 1. The van der Waals surface area contributed by atoms with Crippen molar-refractivity contribution >= 4 is 63.7 Å². The summed E-state index contributed by atoms with van der Waals surface area (Å²) in [5, 5.41) is 11.7. The molecule has 5 heterocycles. The molecule has 0 aliphatic carbocycles. The number of anilines is 2. The first kappa shape index (κ1) is 52.4. The van der Waals surface area contributed by atoms with Gasteiger partial charge in [-0.15, -0.1) is 11.3 Å². The number of carbonyl (C=O) groups is 4. The topological polar surface area (TPSA) is 161 Å². The molecule has 3 aliphatic heterocycles. The van der Waals surface area contributed by atoms with Crippen LogP contribution in [0.2, 0.25) is 0 Å². The molecule has 2 aromatic heterocycles. The molecule has 1 N–H and O–H groups in total. The Morgan fingerprint density at radius 1 is 0.918 bits per heavy atom. The van der Waals surface area contributed by atoms with Gasteiger partial charge in [0.1, 0.15) is 35.5 Å². The number of unbranched alkanes of at least 4 members (excludes halogenated alkanes) is 1. The summed E-state index contributed by atoms with van der Waals surface area (Å²) in [6.07, 6.45) is -0.948. The molecule has 3 aliphatic rings. The molecule has 73 heavy (non-hydrogen) atoms. The van der Waals surface area contributed by atoms with E-state index < -0.39 is 69.1 Å². The predicted octanol–water partition coefficient (Wildman–Crippen LogP) is 8.88. The Kier molecular flexibility index (Phi) is 15.5. The number of alkyl halides is 3. The number of carbonyl (C=O) groups excluding carboxylic acids is 4. The second-order valence-corrected chi connectivity index (χ2v) is 19.4. The SMILES string of the molecule is Cc1ncsc1-c1ccc(CNC(=O)C2CCCN2C(=O)C2CCCN2C(=O)COCCCCOc2ccc(-c3ncc(N4C(=S)N(c5ccc(C#N)c(C(F)(F)F)c5F)C(=O)C4(C)C)cc3F)cc2F)cc1. The molecule has 0 bridgehead atoms. The second kappa shape index (κ2) is 21.6. The number of aryl methyl sites for hydroxylation is 1. The van der Waals surface area contributed by atoms with Crippen LogP contribution in [0.5, 0.6) is 5.75 Å². The van der Waals surface area contributed by atoms with Gasteiger partial charge >= 0.3 is 6.18 Å². The number of nitrogens with zero attached hydrogens (tertiary/aromatic N) is 7. The molecular weight excluding hydrogens is 999 g/mol. The summed E-state index contributed by atoms with van der Waals surface area (Å²) in [6, 6.07) is 14.1. The van der Waals surface area contributed by atoms with Crippen molar-refractivity contribution in [1.29, 1.82) is 5.26 Å². The molecule has 0 spiro atoms. The first-order valence-electron chi connectivity index (χ1n) is 23.3. The standard InChI is InChI=1S/C51H48F6N8O6S2/c1-29-45(73-28-61-29)31-12-10-30(11-13-31)25-60-46(67)38-8-6-19-63(38)47(68)39-9-7-18-62(39)41(66)27-70-20-4-5-21-71-40-17-15-32(22-35(40)52)44-36(53)23-34(26-59-44)65-49(72)64(48(69)50(65,2)3)37-16-14-33(24-58)42(43(37)54)51(55,56)57/h10-17,22-23,26,28,38-39H,4-9,18-21,25,27H2,1-3H3,(H,60,67). The number of halogens is 6. The maximum Gasteiger partial charge on any atom is 0.420 e. The lowest BCUT2D eigenvalue weighted by molar-refractivity contribution is -0.148. The molecule has 22 heteroatoms. The lowest BCUT2D eigenvalue weighted by atomic mass is 10.0. The van der Waals surface area contributed by atoms with Crippen LogP contribution in [0.25, 0.3) is 21.7 Å². The van der Waals surface area contributed by atoms with Crippen LogP contribution in [0.4, 0.5) is 37.7 Å². The van der Waals surface area contributed by atoms with Crippen molar-refractivity contribution in [2.45, 2.75) is 89.6 Å². The number of ether oxygens (including phenoxy) is 2. The van der Waals surface area contributed by atoms with Crippen LogP contribution in [0.3, 0.4) is 0 Å². The van der Waals surface area contributed by atoms with E-state index in [-0.39, 0.29) is 60.2 Å². The fraction of sp³-hybridized carbons (Fsp3) is 0.373. The van der Waals surface area contributed by atoms with Gasteiger partial charge in [-0.1, -0.05) is 24.3 Å². The Bertz CT molecular complexity index is 3000. The van der Waals surface area contributed by atoms with Gasteiger partial charge in [0.15, 0.2) is 28.3 Å². The summed E-state index contributed by atoms with van der Waals surface area (Å²) >= 11 is 7.00. The van der Waals surface area contributed by atoms with E-state index in [9.17, 15) is 32.3 Å². The normalized spacial score (nSPS) is 17.6. The highest BCUT2D eigenvalue weighted by atomic mass is 32.1. The molecule has 0 saturated carbocycles. The zero-order valence-electron chi connectivity index (χ0n) is 39.7. The third-order valence-corrected chi connectivity index (χ3v) is 14.4. The van der Waals surface area contributed by atoms with Crippen LogP contribution >= 0.6 is 23.6 Å². The average Bonchev–Trinajstić information content (AvgIpc) is 4.18. The third kappa shape index (κ3) is 10.8. The number of aromatic nitrogens is 2. The minimum Gasteiger partial charge on any atom is -0.491 e. The van der Waals surface area contributed by atoms with E-state index in [0.29, 0.717) is 63.1 Å². The number of hydrogen-bond acceptors (Lipinski definition) is 11. The fourth-order valence-corrected chi connectivity index (χ4v) is 10.6. The summed E-state index contributed by atoms with van der Waals surface area (Å²) in [5.74, 6) is -5.56. The van der Waals surface area contributed by atoms with Gasteiger partial charge in [0, 0.05) is 37.9 Å². The monoisotopic (exact) mass is 1050 g/mol. The number of thiazole rings is 1. The quantitative estimate of drug-likeness (QED) is 0.0571. The average molecular weight is 1050 g/mol. The van der Waals surface area contributed by atoms with Crippen LogP contribution in [0.15, 0.2) is 72.4 Å². The van der Waals surface area contributed by atoms with E-state index in [0.717, 1.165) is 57.1 Å². The number of nitrogens with one attached hydrogen (secondary N) is 1. The minimum atomic E-state index is -5.27. The maximum absolute atomic E-state index is 15.7. The molecule has 3 fully saturated rings. The van der Waals surface area contributed by atoms with Gasteiger partial charge < -0.3 is 29.5 Å². The highest BCUT2D eigenvalue weighted by molar-refractivity contribution is 7.81. The number of thiocarbonyl (C=S) groups is 1. The molecule has 14 nitrogen and oxygen atoms in total. The van der Waals surface area contributed by atoms with Gasteiger partial charge in [-0.2, -0.15) is 18.4 Å². The molecule has 8 rings (SSSR count). The Labute approximate surface area is 425 Å². The smallest absolute Gasteiger partial charge is 0.420 e. The van der Waals surface area contributed by atoms with Gasteiger partial charge in [0.05, 0.1) is 51.9 Å². The van der Waals surface area contributed by atoms with Crippen LogP contribution in [-0.4, -0.2) is 99.0 Å². The highest BCUT2D eigenvalue weighted by Gasteiger charge is 2.52. The molecule has 3 saturated heterocycles. The third-order valence-electron chi connectivity index (χ3n) is 13.0. The lowest BCUT2D eigenvalue weighted by Gasteiger charge is -2.31. The molecule has 382 valence electrons. The minimum absolute atomic E-state index is 0.0242. The number of hydrogen-bond donors (Lipinski definition) is 1. The Balaban J connectivity index is 0.785. The summed E-state index contributed by atoms with van der Waals surface area (Å²) in [6.45, 7) is 5.79. The van der Waals surface area contributed by atoms with E-state index in [4.69, 9.17) is 27.0 Å². The van der Waals surface area contributed by atoms with Gasteiger partial charge in [-0.25, -0.2) is 18.2 Å². The first-order valence-corrected chi connectivity index (χ1v) is 24.6. The number of rotatable bonds is 16. The summed E-state index contributed by atoms with van der Waals surface area (Å²) in [5.41, 5.74) is -1.00. The molecule has 3 aromatic carbocycles. The van der Waals surface area contributed by atoms with Crippen molar-refractivity contribution in [2.75, 3.05) is 42.7 Å². The van der Waals surface area contributed by atoms with Gasteiger partial charge in [-0.3, -0.25) is 29.1 Å². The van der Waals surface area contributed by atoms with Crippen molar-refractivity contribution in [2.24, 2.45) is 0 Å². The zero-order chi connectivity index (χ0) is 52.4. The molecular formula is C51H48F6N8O6S2. The molecule has 2 unspecified atom stereocenters. The van der Waals surface area contributed by atoms with Crippen LogP contribution in [0.1, 0.15) is 74.8 Å². The van der Waals surface area contributed by atoms with Gasteiger partial charge in [0.25, 0.3) is 5.91 Å².